The van der Waals surface area contributed by atoms with Gasteiger partial charge < -0.3 is 15.2 Å². The van der Waals surface area contributed by atoms with Crippen molar-refractivity contribution in [2.45, 2.75) is 32.0 Å². The lowest BCUT2D eigenvalue weighted by molar-refractivity contribution is -0.0175. The van der Waals surface area contributed by atoms with Gasteiger partial charge in [-0.2, -0.15) is 0 Å². The van der Waals surface area contributed by atoms with E-state index in [2.05, 4.69) is 4.90 Å². The summed E-state index contributed by atoms with van der Waals surface area (Å²) in [5.74, 6) is 0.943. The van der Waals surface area contributed by atoms with Crippen LogP contribution >= 0.6 is 11.6 Å². The molecule has 1 saturated heterocycles. The predicted molar refractivity (Wildman–Crippen MR) is 74.2 cm³/mol. The van der Waals surface area contributed by atoms with E-state index in [0.29, 0.717) is 26.0 Å². The minimum absolute atomic E-state index is 0.321. The summed E-state index contributed by atoms with van der Waals surface area (Å²) in [6, 6.07) is 4.40. The Bertz CT molecular complexity index is 467. The van der Waals surface area contributed by atoms with E-state index in [4.69, 9.17) is 26.8 Å². The zero-order valence-electron chi connectivity index (χ0n) is 10.9. The standard InChI is InChI=1S/C14H19ClN2O2/c15-12-4-10(7-17-3-1-2-13(17)6-16)14-11(5-12)8-18-9-19-14/h4-5,13H,1-3,6-9,16H2. The zero-order valence-corrected chi connectivity index (χ0v) is 11.7. The number of ether oxygens (including phenoxy) is 2. The first kappa shape index (κ1) is 13.2. The van der Waals surface area contributed by atoms with Gasteiger partial charge in [-0.05, 0) is 31.5 Å². The van der Waals surface area contributed by atoms with E-state index >= 15 is 0 Å². The first-order valence-electron chi connectivity index (χ1n) is 6.74. The topological polar surface area (TPSA) is 47.7 Å². The van der Waals surface area contributed by atoms with E-state index in [1.807, 2.05) is 12.1 Å². The molecule has 0 radical (unpaired) electrons. The molecule has 0 amide bonds. The first-order chi connectivity index (χ1) is 9.28. The maximum Gasteiger partial charge on any atom is 0.189 e. The van der Waals surface area contributed by atoms with Crippen LogP contribution in [0.3, 0.4) is 0 Å². The molecule has 2 heterocycles. The zero-order chi connectivity index (χ0) is 13.2. The first-order valence-corrected chi connectivity index (χ1v) is 7.11. The van der Waals surface area contributed by atoms with Crippen molar-refractivity contribution in [2.75, 3.05) is 19.9 Å². The van der Waals surface area contributed by atoms with Gasteiger partial charge in [-0.15, -0.1) is 0 Å². The lowest BCUT2D eigenvalue weighted by Crippen LogP contribution is -2.35. The van der Waals surface area contributed by atoms with Crippen LogP contribution in [-0.2, 0) is 17.9 Å². The van der Waals surface area contributed by atoms with Gasteiger partial charge in [-0.25, -0.2) is 0 Å². The largest absolute Gasteiger partial charge is 0.467 e. The van der Waals surface area contributed by atoms with Crippen LogP contribution in [-0.4, -0.2) is 30.8 Å². The summed E-state index contributed by atoms with van der Waals surface area (Å²) < 4.78 is 11.0. The third kappa shape index (κ3) is 2.72. The molecule has 2 N–H and O–H groups in total. The van der Waals surface area contributed by atoms with Crippen LogP contribution in [0.1, 0.15) is 24.0 Å². The molecule has 0 spiro atoms. The summed E-state index contributed by atoms with van der Waals surface area (Å²) in [5, 5.41) is 0.742. The van der Waals surface area contributed by atoms with Crippen LogP contribution in [0.25, 0.3) is 0 Å². The lowest BCUT2D eigenvalue weighted by Gasteiger charge is -2.26. The molecule has 1 atom stereocenters. The number of hydrogen-bond acceptors (Lipinski definition) is 4. The molecule has 1 fully saturated rings. The molecule has 19 heavy (non-hydrogen) atoms. The monoisotopic (exact) mass is 282 g/mol. The Kier molecular flexibility index (Phi) is 3.93. The fraction of sp³-hybridized carbons (Fsp3) is 0.571. The van der Waals surface area contributed by atoms with Crippen LogP contribution in [0, 0.1) is 0 Å². The number of nitrogens with two attached hydrogens (primary N) is 1. The van der Waals surface area contributed by atoms with Gasteiger partial charge in [-0.3, -0.25) is 4.90 Å². The highest BCUT2D eigenvalue weighted by Crippen LogP contribution is 2.33. The van der Waals surface area contributed by atoms with Crippen molar-refractivity contribution >= 4 is 11.6 Å². The summed E-state index contributed by atoms with van der Waals surface area (Å²) in [6.07, 6.45) is 2.40. The predicted octanol–water partition coefficient (Wildman–Crippen LogP) is 2.13. The van der Waals surface area contributed by atoms with Crippen LogP contribution in [0.5, 0.6) is 5.75 Å². The number of hydrogen-bond donors (Lipinski definition) is 1. The van der Waals surface area contributed by atoms with Crippen LogP contribution in [0.15, 0.2) is 12.1 Å². The normalized spacial score (nSPS) is 23.2. The van der Waals surface area contributed by atoms with Crippen molar-refractivity contribution in [3.8, 4) is 5.75 Å². The molecule has 0 saturated carbocycles. The highest BCUT2D eigenvalue weighted by atomic mass is 35.5. The molecule has 3 rings (SSSR count). The molecule has 1 aromatic carbocycles. The minimum Gasteiger partial charge on any atom is -0.467 e. The highest BCUT2D eigenvalue weighted by Gasteiger charge is 2.25. The van der Waals surface area contributed by atoms with E-state index in [-0.39, 0.29) is 0 Å². The Morgan fingerprint density at radius 3 is 3.16 bits per heavy atom. The van der Waals surface area contributed by atoms with Crippen LogP contribution in [0.2, 0.25) is 5.02 Å². The fourth-order valence-electron chi connectivity index (χ4n) is 2.96. The summed E-state index contributed by atoms with van der Waals surface area (Å²) in [6.45, 7) is 3.56. The smallest absolute Gasteiger partial charge is 0.189 e. The second-order valence-corrected chi connectivity index (χ2v) is 5.60. The van der Waals surface area contributed by atoms with Gasteiger partial charge in [-0.1, -0.05) is 11.6 Å². The average molecular weight is 283 g/mol. The summed E-state index contributed by atoms with van der Waals surface area (Å²) >= 11 is 6.18. The Hall–Kier alpha value is -0.810. The van der Waals surface area contributed by atoms with Gasteiger partial charge in [0.1, 0.15) is 5.75 Å². The Morgan fingerprint density at radius 1 is 1.42 bits per heavy atom. The summed E-state index contributed by atoms with van der Waals surface area (Å²) in [7, 11) is 0. The van der Waals surface area contributed by atoms with Crippen LogP contribution in [0.4, 0.5) is 0 Å². The van der Waals surface area contributed by atoms with E-state index in [1.54, 1.807) is 0 Å². The minimum atomic E-state index is 0.321. The maximum absolute atomic E-state index is 6.18. The van der Waals surface area contributed by atoms with Gasteiger partial charge in [0.05, 0.1) is 6.61 Å². The Balaban J connectivity index is 1.85. The fourth-order valence-corrected chi connectivity index (χ4v) is 3.23. The number of rotatable bonds is 3. The number of likely N-dealkylation sites (tertiary alicyclic amines) is 1. The molecule has 2 aliphatic heterocycles. The lowest BCUT2D eigenvalue weighted by atomic mass is 10.1. The Labute approximate surface area is 118 Å². The van der Waals surface area contributed by atoms with Crippen LogP contribution < -0.4 is 10.5 Å². The molecule has 0 aromatic heterocycles. The third-order valence-corrected chi connectivity index (χ3v) is 4.11. The molecule has 2 aliphatic rings. The van der Waals surface area contributed by atoms with Crippen molar-refractivity contribution in [1.29, 1.82) is 0 Å². The van der Waals surface area contributed by atoms with Gasteiger partial charge in [0.25, 0.3) is 0 Å². The van der Waals surface area contributed by atoms with E-state index < -0.39 is 0 Å². The summed E-state index contributed by atoms with van der Waals surface area (Å²) in [5.41, 5.74) is 8.01. The van der Waals surface area contributed by atoms with Crippen molar-refractivity contribution in [1.82, 2.24) is 4.90 Å². The molecule has 5 heteroatoms. The number of benzene rings is 1. The molecule has 4 nitrogen and oxygen atoms in total. The molecule has 0 bridgehead atoms. The van der Waals surface area contributed by atoms with Crippen molar-refractivity contribution < 1.29 is 9.47 Å². The van der Waals surface area contributed by atoms with E-state index in [1.165, 1.54) is 12.8 Å². The van der Waals surface area contributed by atoms with E-state index in [0.717, 1.165) is 35.0 Å². The molecule has 1 aromatic rings. The molecule has 0 aliphatic carbocycles. The van der Waals surface area contributed by atoms with Gasteiger partial charge >= 0.3 is 0 Å². The van der Waals surface area contributed by atoms with Gasteiger partial charge in [0.15, 0.2) is 6.79 Å². The second kappa shape index (κ2) is 5.67. The van der Waals surface area contributed by atoms with Gasteiger partial charge in [0.2, 0.25) is 0 Å². The highest BCUT2D eigenvalue weighted by molar-refractivity contribution is 6.30. The quantitative estimate of drug-likeness (QED) is 0.923. The third-order valence-electron chi connectivity index (χ3n) is 3.90. The SMILES string of the molecule is NCC1CCCN1Cc1cc(Cl)cc2c1OCOC2. The molecular weight excluding hydrogens is 264 g/mol. The average Bonchev–Trinajstić information content (AvgIpc) is 2.86. The van der Waals surface area contributed by atoms with E-state index in [9.17, 15) is 0 Å². The molecular formula is C14H19ClN2O2. The molecule has 104 valence electrons. The maximum atomic E-state index is 6.18. The van der Waals surface area contributed by atoms with Crippen molar-refractivity contribution in [3.63, 3.8) is 0 Å². The number of fused-ring (bicyclic) bond motifs is 1. The van der Waals surface area contributed by atoms with Gasteiger partial charge in [0, 0.05) is 35.3 Å². The number of nitrogens with zero attached hydrogens (tertiary/aromatic N) is 1. The number of halogens is 1. The van der Waals surface area contributed by atoms with Crippen molar-refractivity contribution in [2.24, 2.45) is 5.73 Å². The summed E-state index contributed by atoms with van der Waals surface area (Å²) in [4.78, 5) is 2.42. The van der Waals surface area contributed by atoms with Crippen molar-refractivity contribution in [3.05, 3.63) is 28.3 Å². The molecule has 1 unspecified atom stereocenters. The Morgan fingerprint density at radius 2 is 2.32 bits per heavy atom. The second-order valence-electron chi connectivity index (χ2n) is 5.17.